The van der Waals surface area contributed by atoms with Crippen molar-refractivity contribution in [3.8, 4) is 5.69 Å². The zero-order valence-electron chi connectivity index (χ0n) is 13.5. The van der Waals surface area contributed by atoms with Gasteiger partial charge in [0.2, 0.25) is 0 Å². The number of thioether (sulfide) groups is 1. The fourth-order valence-corrected chi connectivity index (χ4v) is 3.34. The van der Waals surface area contributed by atoms with Crippen LogP contribution in [0, 0.1) is 0 Å². The van der Waals surface area contributed by atoms with Gasteiger partial charge in [-0.25, -0.2) is 9.67 Å². The predicted molar refractivity (Wildman–Crippen MR) is 96.4 cm³/mol. The van der Waals surface area contributed by atoms with Crippen LogP contribution in [0.3, 0.4) is 0 Å². The van der Waals surface area contributed by atoms with Crippen molar-refractivity contribution >= 4 is 40.4 Å². The van der Waals surface area contributed by atoms with Crippen LogP contribution >= 0.6 is 23.4 Å². The molecule has 0 saturated heterocycles. The number of methoxy groups -OCH3 is 1. The van der Waals surface area contributed by atoms with Gasteiger partial charge < -0.3 is 9.72 Å². The van der Waals surface area contributed by atoms with Crippen molar-refractivity contribution < 1.29 is 9.53 Å². The zero-order chi connectivity index (χ0) is 18.0. The first kappa shape index (κ1) is 17.5. The lowest BCUT2D eigenvalue weighted by Gasteiger charge is -2.11. The van der Waals surface area contributed by atoms with E-state index in [1.54, 1.807) is 28.9 Å². The van der Waals surface area contributed by atoms with Gasteiger partial charge in [0.05, 0.1) is 19.0 Å². The Balaban J connectivity index is 2.05. The lowest BCUT2D eigenvalue weighted by Crippen LogP contribution is -2.19. The number of ether oxygens (including phenoxy) is 1. The minimum absolute atomic E-state index is 0.313. The molecule has 130 valence electrons. The second kappa shape index (κ2) is 7.28. The third-order valence-electron chi connectivity index (χ3n) is 3.58. The Morgan fingerprint density at radius 1 is 1.40 bits per heavy atom. The van der Waals surface area contributed by atoms with E-state index in [1.807, 2.05) is 6.92 Å². The van der Waals surface area contributed by atoms with Crippen LogP contribution in [0.1, 0.15) is 13.3 Å². The topological polar surface area (TPSA) is 89.9 Å². The molecule has 7 nitrogen and oxygen atoms in total. The zero-order valence-corrected chi connectivity index (χ0v) is 15.1. The first-order valence-electron chi connectivity index (χ1n) is 7.52. The third kappa shape index (κ3) is 3.54. The Morgan fingerprint density at radius 3 is 2.76 bits per heavy atom. The molecule has 0 spiro atoms. The molecule has 2 heterocycles. The van der Waals surface area contributed by atoms with Crippen LogP contribution in [0.15, 0.2) is 40.4 Å². The van der Waals surface area contributed by atoms with Gasteiger partial charge >= 0.3 is 5.97 Å². The number of hydrogen-bond donors (Lipinski definition) is 1. The van der Waals surface area contributed by atoms with Gasteiger partial charge in [-0.3, -0.25) is 9.59 Å². The van der Waals surface area contributed by atoms with Crippen molar-refractivity contribution in [3.63, 3.8) is 0 Å². The minimum Gasteiger partial charge on any atom is -0.468 e. The number of esters is 1. The van der Waals surface area contributed by atoms with Gasteiger partial charge in [-0.05, 0) is 30.7 Å². The number of nitrogens with one attached hydrogen (secondary N) is 1. The Morgan fingerprint density at radius 2 is 2.12 bits per heavy atom. The number of hydrogen-bond acceptors (Lipinski definition) is 6. The molecular weight excluding hydrogens is 364 g/mol. The largest absolute Gasteiger partial charge is 0.468 e. The van der Waals surface area contributed by atoms with Crippen molar-refractivity contribution in [2.45, 2.75) is 23.8 Å². The number of rotatable bonds is 5. The molecule has 2 aromatic heterocycles. The number of carbonyl (C=O) groups excluding carboxylic acids is 1. The molecule has 1 aromatic carbocycles. The standard InChI is InChI=1S/C16H15ClN4O3S/c1-3-12(15(23)24-2)25-16-19-13-11(14(22)20-16)8-18-21(13)10-6-4-9(17)5-7-10/h4-8,12H,3H2,1-2H3,(H,19,20,22)/t12-/m1/s1. The molecule has 0 bridgehead atoms. The maximum Gasteiger partial charge on any atom is 0.319 e. The highest BCUT2D eigenvalue weighted by Gasteiger charge is 2.21. The molecule has 25 heavy (non-hydrogen) atoms. The van der Waals surface area contributed by atoms with Crippen LogP contribution in [0.5, 0.6) is 0 Å². The van der Waals surface area contributed by atoms with E-state index in [0.29, 0.717) is 27.6 Å². The van der Waals surface area contributed by atoms with E-state index in [0.717, 1.165) is 17.4 Å². The highest BCUT2D eigenvalue weighted by Crippen LogP contribution is 2.24. The smallest absolute Gasteiger partial charge is 0.319 e. The van der Waals surface area contributed by atoms with Crippen LogP contribution < -0.4 is 5.56 Å². The van der Waals surface area contributed by atoms with E-state index in [4.69, 9.17) is 16.3 Å². The van der Waals surface area contributed by atoms with Crippen LogP contribution in [-0.4, -0.2) is 38.1 Å². The number of fused-ring (bicyclic) bond motifs is 1. The summed E-state index contributed by atoms with van der Waals surface area (Å²) in [4.78, 5) is 31.2. The summed E-state index contributed by atoms with van der Waals surface area (Å²) in [6.07, 6.45) is 2.01. The van der Waals surface area contributed by atoms with Gasteiger partial charge in [0, 0.05) is 5.02 Å². The summed E-state index contributed by atoms with van der Waals surface area (Å²) in [5.74, 6) is -0.360. The van der Waals surface area contributed by atoms with E-state index in [9.17, 15) is 9.59 Å². The van der Waals surface area contributed by atoms with Crippen LogP contribution in [-0.2, 0) is 9.53 Å². The number of benzene rings is 1. The van der Waals surface area contributed by atoms with E-state index in [-0.39, 0.29) is 11.5 Å². The molecule has 0 radical (unpaired) electrons. The molecule has 0 saturated carbocycles. The van der Waals surface area contributed by atoms with Gasteiger partial charge in [0.25, 0.3) is 5.56 Å². The molecule has 0 amide bonds. The van der Waals surface area contributed by atoms with Crippen LogP contribution in [0.4, 0.5) is 0 Å². The molecule has 1 N–H and O–H groups in total. The van der Waals surface area contributed by atoms with Crippen LogP contribution in [0.25, 0.3) is 16.7 Å². The van der Waals surface area contributed by atoms with Gasteiger partial charge in [-0.2, -0.15) is 5.10 Å². The summed E-state index contributed by atoms with van der Waals surface area (Å²) in [5.41, 5.74) is 0.828. The molecule has 0 fully saturated rings. The lowest BCUT2D eigenvalue weighted by molar-refractivity contribution is -0.140. The van der Waals surface area contributed by atoms with Crippen molar-refractivity contribution in [2.75, 3.05) is 7.11 Å². The SMILES string of the molecule is CC[C@@H](Sc1nc2c(cnn2-c2ccc(Cl)cc2)c(=O)[nH]1)C(=O)OC. The highest BCUT2D eigenvalue weighted by atomic mass is 35.5. The van der Waals surface area contributed by atoms with Crippen LogP contribution in [0.2, 0.25) is 5.02 Å². The summed E-state index contributed by atoms with van der Waals surface area (Å²) < 4.78 is 6.33. The first-order chi connectivity index (χ1) is 12.0. The van der Waals surface area contributed by atoms with Crippen molar-refractivity contribution in [1.29, 1.82) is 0 Å². The fourth-order valence-electron chi connectivity index (χ4n) is 2.29. The lowest BCUT2D eigenvalue weighted by atomic mass is 10.3. The molecule has 9 heteroatoms. The number of aromatic nitrogens is 4. The quantitative estimate of drug-likeness (QED) is 0.417. The summed E-state index contributed by atoms with van der Waals surface area (Å²) in [5, 5.41) is 5.10. The Labute approximate surface area is 152 Å². The van der Waals surface area contributed by atoms with E-state index < -0.39 is 5.25 Å². The number of halogens is 1. The summed E-state index contributed by atoms with van der Waals surface area (Å²) in [7, 11) is 1.33. The second-order valence-electron chi connectivity index (χ2n) is 5.18. The first-order valence-corrected chi connectivity index (χ1v) is 8.77. The van der Waals surface area contributed by atoms with Crippen molar-refractivity contribution in [1.82, 2.24) is 19.7 Å². The number of aromatic amines is 1. The molecule has 0 aliphatic heterocycles. The van der Waals surface area contributed by atoms with E-state index in [2.05, 4.69) is 15.1 Å². The van der Waals surface area contributed by atoms with Crippen molar-refractivity contribution in [3.05, 3.63) is 45.8 Å². The van der Waals surface area contributed by atoms with E-state index >= 15 is 0 Å². The molecule has 0 aliphatic rings. The Kier molecular flexibility index (Phi) is 5.10. The number of H-pyrrole nitrogens is 1. The van der Waals surface area contributed by atoms with E-state index in [1.165, 1.54) is 13.3 Å². The maximum atomic E-state index is 12.3. The monoisotopic (exact) mass is 378 g/mol. The summed E-state index contributed by atoms with van der Waals surface area (Å²) >= 11 is 7.07. The highest BCUT2D eigenvalue weighted by molar-refractivity contribution is 8.00. The average Bonchev–Trinajstić information content (AvgIpc) is 3.04. The summed E-state index contributed by atoms with van der Waals surface area (Å²) in [6.45, 7) is 1.86. The van der Waals surface area contributed by atoms with Gasteiger partial charge in [0.15, 0.2) is 10.8 Å². The maximum absolute atomic E-state index is 12.3. The fraction of sp³-hybridized carbons (Fsp3) is 0.250. The molecule has 0 unspecified atom stereocenters. The minimum atomic E-state index is -0.447. The third-order valence-corrected chi connectivity index (χ3v) is 5.06. The van der Waals surface area contributed by atoms with Crippen molar-refractivity contribution in [2.24, 2.45) is 0 Å². The molecule has 1 atom stereocenters. The normalized spacial score (nSPS) is 12.3. The van der Waals surface area contributed by atoms with Gasteiger partial charge in [0.1, 0.15) is 10.6 Å². The second-order valence-corrected chi connectivity index (χ2v) is 6.81. The molecule has 3 aromatic rings. The molecule has 0 aliphatic carbocycles. The van der Waals surface area contributed by atoms with Gasteiger partial charge in [-0.15, -0.1) is 0 Å². The number of nitrogens with zero attached hydrogens (tertiary/aromatic N) is 3. The molecule has 3 rings (SSSR count). The summed E-state index contributed by atoms with van der Waals surface area (Å²) in [6, 6.07) is 7.04. The van der Waals surface area contributed by atoms with Gasteiger partial charge in [-0.1, -0.05) is 30.3 Å². The Bertz CT molecular complexity index is 968. The molecular formula is C16H15ClN4O3S. The average molecular weight is 379 g/mol. The number of carbonyl (C=O) groups is 1. The Hall–Kier alpha value is -2.32. The predicted octanol–water partition coefficient (Wildman–Crippen LogP) is 2.81.